The molecule has 0 aromatic rings. The average Bonchev–Trinajstić information content (AvgIpc) is 2.15. The van der Waals surface area contributed by atoms with Gasteiger partial charge in [0, 0.05) is 13.5 Å². The van der Waals surface area contributed by atoms with E-state index < -0.39 is 0 Å². The molecule has 0 spiro atoms. The van der Waals surface area contributed by atoms with Crippen molar-refractivity contribution in [2.45, 2.75) is 18.9 Å². The summed E-state index contributed by atoms with van der Waals surface area (Å²) in [5.74, 6) is 0.0448. The second-order valence-electron chi connectivity index (χ2n) is 2.18. The molecule has 0 bridgehead atoms. The van der Waals surface area contributed by atoms with Crippen LogP contribution in [0.5, 0.6) is 0 Å². The van der Waals surface area contributed by atoms with Gasteiger partial charge in [-0.25, -0.2) is 0 Å². The van der Waals surface area contributed by atoms with Gasteiger partial charge < -0.3 is 4.90 Å². The lowest BCUT2D eigenvalue weighted by molar-refractivity contribution is -0.127. The molecule has 1 radical (unpaired) electrons. The van der Waals surface area contributed by atoms with Crippen LogP contribution in [0.4, 0.5) is 0 Å². The molecular weight excluding hydrogens is 118 g/mol. The SMILES string of the molecule is CN1C(=O)CCC1[C]=O. The van der Waals surface area contributed by atoms with Crippen LogP contribution in [0.3, 0.4) is 0 Å². The van der Waals surface area contributed by atoms with Crippen molar-refractivity contribution in [2.75, 3.05) is 7.05 Å². The Labute approximate surface area is 53.6 Å². The zero-order valence-electron chi connectivity index (χ0n) is 5.26. The molecule has 1 amide bonds. The standard InChI is InChI=1S/C6H8NO2/c1-7-5(4-8)2-3-6(7)9/h5H,2-3H2,1H3. The quantitative estimate of drug-likeness (QED) is 0.484. The zero-order chi connectivity index (χ0) is 6.85. The summed E-state index contributed by atoms with van der Waals surface area (Å²) in [5.41, 5.74) is 0. The van der Waals surface area contributed by atoms with Gasteiger partial charge in [-0.15, -0.1) is 0 Å². The molecule has 0 saturated carbocycles. The van der Waals surface area contributed by atoms with E-state index in [9.17, 15) is 9.59 Å². The Morgan fingerprint density at radius 2 is 2.44 bits per heavy atom. The minimum absolute atomic E-state index is 0.0448. The monoisotopic (exact) mass is 126 g/mol. The van der Waals surface area contributed by atoms with Gasteiger partial charge in [0.1, 0.15) is 0 Å². The maximum atomic E-state index is 10.7. The first kappa shape index (κ1) is 6.26. The second-order valence-corrected chi connectivity index (χ2v) is 2.18. The number of likely N-dealkylation sites (N-methyl/N-ethyl adjacent to an activating group) is 1. The predicted molar refractivity (Wildman–Crippen MR) is 31.5 cm³/mol. The summed E-state index contributed by atoms with van der Waals surface area (Å²) < 4.78 is 0. The van der Waals surface area contributed by atoms with Crippen LogP contribution in [0.25, 0.3) is 0 Å². The van der Waals surface area contributed by atoms with Gasteiger partial charge in [0.15, 0.2) is 0 Å². The van der Waals surface area contributed by atoms with Crippen molar-refractivity contribution >= 4 is 12.2 Å². The third kappa shape index (κ3) is 0.943. The van der Waals surface area contributed by atoms with Gasteiger partial charge in [-0.1, -0.05) is 0 Å². The van der Waals surface area contributed by atoms with Crippen LogP contribution in [0, 0.1) is 0 Å². The molecule has 1 rings (SSSR count). The molecule has 1 fully saturated rings. The Bertz CT molecular complexity index is 144. The summed E-state index contributed by atoms with van der Waals surface area (Å²) >= 11 is 0. The lowest BCUT2D eigenvalue weighted by Gasteiger charge is -2.11. The highest BCUT2D eigenvalue weighted by molar-refractivity contribution is 5.83. The Hall–Kier alpha value is -0.860. The zero-order valence-corrected chi connectivity index (χ0v) is 5.26. The van der Waals surface area contributed by atoms with Crippen molar-refractivity contribution in [3.8, 4) is 0 Å². The van der Waals surface area contributed by atoms with Crippen LogP contribution in [-0.2, 0) is 9.59 Å². The van der Waals surface area contributed by atoms with Crippen LogP contribution < -0.4 is 0 Å². The number of hydrogen-bond acceptors (Lipinski definition) is 2. The molecule has 3 heteroatoms. The fourth-order valence-electron chi connectivity index (χ4n) is 0.942. The number of nitrogens with zero attached hydrogens (tertiary/aromatic N) is 1. The first-order chi connectivity index (χ1) is 4.25. The van der Waals surface area contributed by atoms with Crippen LogP contribution in [0.15, 0.2) is 0 Å². The molecule has 1 aliphatic rings. The smallest absolute Gasteiger partial charge is 0.223 e. The fourth-order valence-corrected chi connectivity index (χ4v) is 0.942. The van der Waals surface area contributed by atoms with Gasteiger partial charge in [0.05, 0.1) is 6.04 Å². The van der Waals surface area contributed by atoms with E-state index in [1.165, 1.54) is 4.90 Å². The van der Waals surface area contributed by atoms with E-state index in [-0.39, 0.29) is 11.9 Å². The van der Waals surface area contributed by atoms with Gasteiger partial charge in [0.25, 0.3) is 0 Å². The van der Waals surface area contributed by atoms with Crippen LogP contribution in [0.2, 0.25) is 0 Å². The van der Waals surface area contributed by atoms with Crippen molar-refractivity contribution in [2.24, 2.45) is 0 Å². The predicted octanol–water partition coefficient (Wildman–Crippen LogP) is -0.283. The van der Waals surface area contributed by atoms with Crippen molar-refractivity contribution in [3.63, 3.8) is 0 Å². The molecule has 3 nitrogen and oxygen atoms in total. The van der Waals surface area contributed by atoms with E-state index in [4.69, 9.17) is 0 Å². The summed E-state index contributed by atoms with van der Waals surface area (Å²) in [5, 5.41) is 0. The molecule has 1 unspecified atom stereocenters. The highest BCUT2D eigenvalue weighted by atomic mass is 16.2. The van der Waals surface area contributed by atoms with E-state index in [2.05, 4.69) is 0 Å². The average molecular weight is 126 g/mol. The first-order valence-corrected chi connectivity index (χ1v) is 2.89. The molecule has 0 N–H and O–H groups in total. The third-order valence-corrected chi connectivity index (χ3v) is 1.63. The molecule has 0 aromatic heterocycles. The van der Waals surface area contributed by atoms with Crippen LogP contribution >= 0.6 is 0 Å². The highest BCUT2D eigenvalue weighted by Gasteiger charge is 2.27. The van der Waals surface area contributed by atoms with Gasteiger partial charge in [-0.2, -0.15) is 0 Å². The Balaban J connectivity index is 2.61. The minimum atomic E-state index is -0.280. The lowest BCUT2D eigenvalue weighted by Crippen LogP contribution is -2.29. The van der Waals surface area contributed by atoms with E-state index in [0.29, 0.717) is 12.8 Å². The summed E-state index contributed by atoms with van der Waals surface area (Å²) in [6.07, 6.45) is 2.93. The number of hydrogen-bond donors (Lipinski definition) is 0. The molecule has 1 aliphatic heterocycles. The first-order valence-electron chi connectivity index (χ1n) is 2.89. The summed E-state index contributed by atoms with van der Waals surface area (Å²) in [4.78, 5) is 22.2. The van der Waals surface area contributed by atoms with E-state index in [1.807, 2.05) is 0 Å². The number of amides is 1. The largest absolute Gasteiger partial charge is 0.335 e. The Morgan fingerprint density at radius 1 is 1.78 bits per heavy atom. The Morgan fingerprint density at radius 3 is 2.67 bits per heavy atom. The molecule has 9 heavy (non-hydrogen) atoms. The molecule has 0 aliphatic carbocycles. The molecule has 1 atom stereocenters. The van der Waals surface area contributed by atoms with Crippen molar-refractivity contribution < 1.29 is 9.59 Å². The maximum Gasteiger partial charge on any atom is 0.223 e. The topological polar surface area (TPSA) is 37.4 Å². The number of carbonyl (C=O) groups excluding carboxylic acids is 2. The molecule has 1 saturated heterocycles. The van der Waals surface area contributed by atoms with Crippen LogP contribution in [0.1, 0.15) is 12.8 Å². The van der Waals surface area contributed by atoms with Gasteiger partial charge in [-0.05, 0) is 6.42 Å². The molecule has 0 aromatic carbocycles. The van der Waals surface area contributed by atoms with Gasteiger partial charge in [-0.3, -0.25) is 9.59 Å². The normalized spacial score (nSPS) is 27.0. The lowest BCUT2D eigenvalue weighted by atomic mass is 10.2. The van der Waals surface area contributed by atoms with Gasteiger partial charge >= 0.3 is 0 Å². The maximum absolute atomic E-state index is 10.7. The minimum Gasteiger partial charge on any atom is -0.335 e. The molecule has 1 heterocycles. The fraction of sp³-hybridized carbons (Fsp3) is 0.667. The van der Waals surface area contributed by atoms with Crippen molar-refractivity contribution in [1.82, 2.24) is 4.90 Å². The third-order valence-electron chi connectivity index (χ3n) is 1.63. The van der Waals surface area contributed by atoms with E-state index in [1.54, 1.807) is 13.3 Å². The summed E-state index contributed by atoms with van der Waals surface area (Å²) in [6, 6.07) is -0.280. The highest BCUT2D eigenvalue weighted by Crippen LogP contribution is 2.13. The van der Waals surface area contributed by atoms with Gasteiger partial charge in [0.2, 0.25) is 12.2 Å². The van der Waals surface area contributed by atoms with E-state index >= 15 is 0 Å². The number of likely N-dealkylation sites (tertiary alicyclic amines) is 1. The van der Waals surface area contributed by atoms with Crippen LogP contribution in [-0.4, -0.2) is 30.2 Å². The van der Waals surface area contributed by atoms with E-state index in [0.717, 1.165) is 0 Å². The number of rotatable bonds is 1. The molecular formula is C6H8NO2. The summed E-state index contributed by atoms with van der Waals surface area (Å²) in [6.45, 7) is 0. The summed E-state index contributed by atoms with van der Waals surface area (Å²) in [7, 11) is 1.63. The number of carbonyl (C=O) groups is 1. The van der Waals surface area contributed by atoms with Crippen molar-refractivity contribution in [1.29, 1.82) is 0 Å². The second kappa shape index (κ2) is 2.17. The molecule has 49 valence electrons. The Kier molecular flexibility index (Phi) is 1.51. The van der Waals surface area contributed by atoms with Crippen molar-refractivity contribution in [3.05, 3.63) is 0 Å².